The first-order chi connectivity index (χ1) is 10.7. The van der Waals surface area contributed by atoms with E-state index in [2.05, 4.69) is 0 Å². The average molecular weight is 298 g/mol. The number of hydrogen-bond acceptors (Lipinski definition) is 4. The van der Waals surface area contributed by atoms with Crippen molar-refractivity contribution in [2.75, 3.05) is 14.2 Å². The van der Waals surface area contributed by atoms with E-state index in [1.807, 2.05) is 48.5 Å². The number of ether oxygens (including phenoxy) is 3. The van der Waals surface area contributed by atoms with Gasteiger partial charge in [0.2, 0.25) is 0 Å². The van der Waals surface area contributed by atoms with E-state index in [-0.39, 0.29) is 0 Å². The fraction of sp³-hybridized carbons (Fsp3) is 0.167. The molecule has 2 rings (SSSR count). The van der Waals surface area contributed by atoms with E-state index in [4.69, 9.17) is 14.2 Å². The van der Waals surface area contributed by atoms with Crippen LogP contribution in [0.4, 0.5) is 0 Å². The Kier molecular flexibility index (Phi) is 5.47. The fourth-order valence-electron chi connectivity index (χ4n) is 2.00. The lowest BCUT2D eigenvalue weighted by Crippen LogP contribution is -2.36. The minimum atomic E-state index is -1.56. The van der Waals surface area contributed by atoms with E-state index in [0.29, 0.717) is 5.56 Å². The highest BCUT2D eigenvalue weighted by atomic mass is 16.9. The Labute approximate surface area is 129 Å². The Hall–Kier alpha value is -2.43. The molecule has 22 heavy (non-hydrogen) atoms. The molecule has 2 aromatic rings. The van der Waals surface area contributed by atoms with Crippen molar-refractivity contribution in [3.8, 4) is 0 Å². The lowest BCUT2D eigenvalue weighted by atomic mass is 10.2. The highest BCUT2D eigenvalue weighted by Gasteiger charge is 2.36. The molecule has 0 bridgehead atoms. The number of esters is 1. The number of carbonyl (C=O) groups is 1. The van der Waals surface area contributed by atoms with Gasteiger partial charge in [-0.15, -0.1) is 0 Å². The second-order valence-electron chi connectivity index (χ2n) is 4.50. The third kappa shape index (κ3) is 3.81. The Morgan fingerprint density at radius 1 is 0.909 bits per heavy atom. The smallest absolute Gasteiger partial charge is 0.358 e. The summed E-state index contributed by atoms with van der Waals surface area (Å²) in [5.41, 5.74) is 1.50. The molecule has 0 saturated carbocycles. The van der Waals surface area contributed by atoms with Crippen LogP contribution in [0.2, 0.25) is 0 Å². The summed E-state index contributed by atoms with van der Waals surface area (Å²) in [6.07, 6.45) is 3.01. The molecular weight excluding hydrogens is 280 g/mol. The molecule has 0 saturated heterocycles. The van der Waals surface area contributed by atoms with Crippen LogP contribution in [0.5, 0.6) is 0 Å². The molecule has 0 aromatic heterocycles. The third-order valence-corrected chi connectivity index (χ3v) is 3.11. The van der Waals surface area contributed by atoms with E-state index in [1.54, 1.807) is 18.2 Å². The number of hydrogen-bond donors (Lipinski definition) is 0. The predicted octanol–water partition coefficient (Wildman–Crippen LogP) is 3.35. The summed E-state index contributed by atoms with van der Waals surface area (Å²) in [6.45, 7) is 0. The molecule has 0 fully saturated rings. The molecule has 4 nitrogen and oxygen atoms in total. The number of benzene rings is 2. The molecule has 0 heterocycles. The van der Waals surface area contributed by atoms with Gasteiger partial charge in [-0.05, 0) is 23.8 Å². The summed E-state index contributed by atoms with van der Waals surface area (Å²) >= 11 is 0. The van der Waals surface area contributed by atoms with Gasteiger partial charge in [-0.3, -0.25) is 0 Å². The zero-order valence-electron chi connectivity index (χ0n) is 12.6. The number of methoxy groups -OCH3 is 2. The molecule has 0 aliphatic heterocycles. The van der Waals surface area contributed by atoms with E-state index >= 15 is 0 Å². The molecule has 0 atom stereocenters. The zero-order chi connectivity index (χ0) is 15.8. The quantitative estimate of drug-likeness (QED) is 0.466. The minimum Gasteiger partial charge on any atom is -0.400 e. The van der Waals surface area contributed by atoms with Gasteiger partial charge in [0.15, 0.2) is 0 Å². The van der Waals surface area contributed by atoms with E-state index in [0.717, 1.165) is 5.56 Å². The average Bonchev–Trinajstić information content (AvgIpc) is 2.60. The van der Waals surface area contributed by atoms with Gasteiger partial charge in [0, 0.05) is 20.3 Å². The SMILES string of the molecule is COC(OC)(OC(=O)C=Cc1ccccc1)c1ccccc1. The van der Waals surface area contributed by atoms with E-state index < -0.39 is 11.9 Å². The van der Waals surface area contributed by atoms with Crippen LogP contribution in [0.3, 0.4) is 0 Å². The maximum atomic E-state index is 12.1. The van der Waals surface area contributed by atoms with Gasteiger partial charge in [-0.1, -0.05) is 48.5 Å². The standard InChI is InChI=1S/C18H18O4/c1-20-18(21-2,16-11-7-4-8-12-16)22-17(19)14-13-15-9-5-3-6-10-15/h3-14H,1-2H3. The Morgan fingerprint density at radius 3 is 2.00 bits per heavy atom. The van der Waals surface area contributed by atoms with Crippen LogP contribution in [0, 0.1) is 0 Å². The molecule has 2 aromatic carbocycles. The summed E-state index contributed by atoms with van der Waals surface area (Å²) in [7, 11) is 2.84. The van der Waals surface area contributed by atoms with Crippen molar-refractivity contribution in [2.45, 2.75) is 5.97 Å². The molecule has 4 heteroatoms. The van der Waals surface area contributed by atoms with Gasteiger partial charge < -0.3 is 14.2 Å². The first-order valence-electron chi connectivity index (χ1n) is 6.82. The number of carbonyl (C=O) groups excluding carboxylic acids is 1. The molecule has 0 spiro atoms. The molecular formula is C18H18O4. The van der Waals surface area contributed by atoms with E-state index in [9.17, 15) is 4.79 Å². The highest BCUT2D eigenvalue weighted by Crippen LogP contribution is 2.27. The van der Waals surface area contributed by atoms with Gasteiger partial charge in [0.1, 0.15) is 0 Å². The second kappa shape index (κ2) is 7.54. The summed E-state index contributed by atoms with van der Waals surface area (Å²) in [5, 5.41) is 0. The van der Waals surface area contributed by atoms with Crippen LogP contribution in [0.25, 0.3) is 6.08 Å². The van der Waals surface area contributed by atoms with E-state index in [1.165, 1.54) is 20.3 Å². The maximum absolute atomic E-state index is 12.1. The predicted molar refractivity (Wildman–Crippen MR) is 83.7 cm³/mol. The van der Waals surface area contributed by atoms with Crippen molar-refractivity contribution in [1.82, 2.24) is 0 Å². The third-order valence-electron chi connectivity index (χ3n) is 3.11. The van der Waals surface area contributed by atoms with Crippen molar-refractivity contribution >= 4 is 12.0 Å². The van der Waals surface area contributed by atoms with Crippen LogP contribution in [-0.4, -0.2) is 20.2 Å². The Balaban J connectivity index is 2.14. The first-order valence-corrected chi connectivity index (χ1v) is 6.82. The molecule has 0 radical (unpaired) electrons. The van der Waals surface area contributed by atoms with Crippen molar-refractivity contribution in [3.05, 3.63) is 77.9 Å². The lowest BCUT2D eigenvalue weighted by Gasteiger charge is -2.29. The number of rotatable bonds is 6. The largest absolute Gasteiger partial charge is 0.400 e. The van der Waals surface area contributed by atoms with Gasteiger partial charge in [0.25, 0.3) is 0 Å². The topological polar surface area (TPSA) is 44.8 Å². The maximum Gasteiger partial charge on any atom is 0.358 e. The first kappa shape index (κ1) is 15.9. The van der Waals surface area contributed by atoms with Gasteiger partial charge in [-0.25, -0.2) is 4.79 Å². The molecule has 114 valence electrons. The van der Waals surface area contributed by atoms with Gasteiger partial charge in [0.05, 0.1) is 5.56 Å². The molecule has 0 aliphatic carbocycles. The molecule has 0 N–H and O–H groups in total. The van der Waals surface area contributed by atoms with Crippen molar-refractivity contribution in [3.63, 3.8) is 0 Å². The summed E-state index contributed by atoms with van der Waals surface area (Å²) in [5.74, 6) is -2.12. The highest BCUT2D eigenvalue weighted by molar-refractivity contribution is 5.87. The second-order valence-corrected chi connectivity index (χ2v) is 4.50. The van der Waals surface area contributed by atoms with Crippen molar-refractivity contribution in [1.29, 1.82) is 0 Å². The van der Waals surface area contributed by atoms with Crippen LogP contribution >= 0.6 is 0 Å². The minimum absolute atomic E-state index is 0.559. The fourth-order valence-corrected chi connectivity index (χ4v) is 2.00. The van der Waals surface area contributed by atoms with Crippen LogP contribution in [-0.2, 0) is 25.0 Å². The monoisotopic (exact) mass is 298 g/mol. The normalized spacial score (nSPS) is 11.5. The Bertz CT molecular complexity index is 616. The van der Waals surface area contributed by atoms with Crippen LogP contribution in [0.15, 0.2) is 66.7 Å². The molecule has 0 aliphatic rings. The van der Waals surface area contributed by atoms with Gasteiger partial charge in [-0.2, -0.15) is 0 Å². The molecule has 0 unspecified atom stereocenters. The van der Waals surface area contributed by atoms with Crippen LogP contribution < -0.4 is 0 Å². The van der Waals surface area contributed by atoms with Gasteiger partial charge >= 0.3 is 11.9 Å². The van der Waals surface area contributed by atoms with Crippen molar-refractivity contribution in [2.24, 2.45) is 0 Å². The summed E-state index contributed by atoms with van der Waals surface area (Å²) in [4.78, 5) is 12.1. The zero-order valence-corrected chi connectivity index (χ0v) is 12.6. The Morgan fingerprint density at radius 2 is 1.45 bits per heavy atom. The van der Waals surface area contributed by atoms with Crippen molar-refractivity contribution < 1.29 is 19.0 Å². The van der Waals surface area contributed by atoms with Crippen LogP contribution in [0.1, 0.15) is 11.1 Å². The molecule has 0 amide bonds. The summed E-state index contributed by atoms with van der Waals surface area (Å²) in [6, 6.07) is 18.5. The summed E-state index contributed by atoms with van der Waals surface area (Å²) < 4.78 is 16.0. The lowest BCUT2D eigenvalue weighted by molar-refractivity contribution is -0.353.